The molecule has 0 aromatic heterocycles. The predicted octanol–water partition coefficient (Wildman–Crippen LogP) is 2.29. The van der Waals surface area contributed by atoms with Crippen molar-refractivity contribution in [1.29, 1.82) is 10.5 Å². The normalized spacial score (nSPS) is 20.3. The first-order chi connectivity index (χ1) is 11.7. The molecular weight excluding hydrogens is 300 g/mol. The number of benzene rings is 1. The molecule has 1 saturated heterocycles. The second kappa shape index (κ2) is 7.03. The molecule has 24 heavy (non-hydrogen) atoms. The zero-order chi connectivity index (χ0) is 17.0. The first-order valence-electron chi connectivity index (χ1n) is 8.59. The Labute approximate surface area is 143 Å². The van der Waals surface area contributed by atoms with E-state index in [0.717, 1.165) is 32.5 Å². The lowest BCUT2D eigenvalue weighted by Crippen LogP contribution is -2.52. The van der Waals surface area contributed by atoms with Crippen molar-refractivity contribution >= 4 is 5.91 Å². The average molecular weight is 322 g/mol. The monoisotopic (exact) mass is 322 g/mol. The number of nitrogens with zero attached hydrogens (tertiary/aromatic N) is 4. The van der Waals surface area contributed by atoms with Gasteiger partial charge in [-0.2, -0.15) is 10.5 Å². The number of amides is 1. The highest BCUT2D eigenvalue weighted by atomic mass is 16.2. The summed E-state index contributed by atoms with van der Waals surface area (Å²) in [6.45, 7) is 3.87. The molecule has 5 heteroatoms. The Kier molecular flexibility index (Phi) is 4.83. The Hall–Kier alpha value is -2.37. The Bertz CT molecular complexity index is 669. The minimum atomic E-state index is -0.755. The lowest BCUT2D eigenvalue weighted by atomic mass is 9.86. The lowest BCUT2D eigenvalue weighted by Gasteiger charge is -2.37. The van der Waals surface area contributed by atoms with Gasteiger partial charge in [0.2, 0.25) is 5.91 Å². The van der Waals surface area contributed by atoms with E-state index in [0.29, 0.717) is 31.5 Å². The highest BCUT2D eigenvalue weighted by Crippen LogP contribution is 2.39. The van der Waals surface area contributed by atoms with E-state index in [9.17, 15) is 10.1 Å². The van der Waals surface area contributed by atoms with Gasteiger partial charge in [-0.3, -0.25) is 9.69 Å². The van der Waals surface area contributed by atoms with Crippen molar-refractivity contribution in [1.82, 2.24) is 9.80 Å². The second-order valence-electron chi connectivity index (χ2n) is 6.78. The van der Waals surface area contributed by atoms with Crippen LogP contribution in [0.2, 0.25) is 0 Å². The first kappa shape index (κ1) is 16.5. The largest absolute Gasteiger partial charge is 0.339 e. The Morgan fingerprint density at radius 2 is 1.67 bits per heavy atom. The van der Waals surface area contributed by atoms with Crippen LogP contribution in [0.3, 0.4) is 0 Å². The summed E-state index contributed by atoms with van der Waals surface area (Å²) in [5.41, 5.74) is 1.10. The molecule has 1 amide bonds. The van der Waals surface area contributed by atoms with Crippen LogP contribution in [0.5, 0.6) is 0 Å². The number of piperazine rings is 1. The average Bonchev–Trinajstić information content (AvgIpc) is 3.13. The molecule has 0 bridgehead atoms. The summed E-state index contributed by atoms with van der Waals surface area (Å²) in [7, 11) is 0. The van der Waals surface area contributed by atoms with Gasteiger partial charge in [0.25, 0.3) is 0 Å². The topological polar surface area (TPSA) is 71.1 Å². The van der Waals surface area contributed by atoms with Gasteiger partial charge in [-0.1, -0.05) is 25.0 Å². The van der Waals surface area contributed by atoms with Gasteiger partial charge in [0, 0.05) is 32.7 Å². The third-order valence-electron chi connectivity index (χ3n) is 5.23. The van der Waals surface area contributed by atoms with Crippen LogP contribution in [0.15, 0.2) is 24.3 Å². The number of hydrogen-bond acceptors (Lipinski definition) is 4. The van der Waals surface area contributed by atoms with Crippen LogP contribution in [-0.2, 0) is 11.3 Å². The third-order valence-corrected chi connectivity index (χ3v) is 5.23. The molecule has 5 nitrogen and oxygen atoms in total. The molecule has 1 aliphatic heterocycles. The Morgan fingerprint density at radius 1 is 1.04 bits per heavy atom. The predicted molar refractivity (Wildman–Crippen MR) is 89.5 cm³/mol. The molecule has 1 saturated carbocycles. The molecule has 0 radical (unpaired) electrons. The van der Waals surface area contributed by atoms with E-state index in [2.05, 4.69) is 17.0 Å². The molecule has 3 rings (SSSR count). The lowest BCUT2D eigenvalue weighted by molar-refractivity contribution is -0.140. The van der Waals surface area contributed by atoms with E-state index in [4.69, 9.17) is 5.26 Å². The summed E-state index contributed by atoms with van der Waals surface area (Å²) >= 11 is 0. The van der Waals surface area contributed by atoms with Crippen LogP contribution in [0.1, 0.15) is 36.8 Å². The third kappa shape index (κ3) is 3.27. The van der Waals surface area contributed by atoms with E-state index >= 15 is 0 Å². The molecule has 124 valence electrons. The van der Waals surface area contributed by atoms with Crippen LogP contribution in [0.4, 0.5) is 0 Å². The zero-order valence-electron chi connectivity index (χ0n) is 13.9. The van der Waals surface area contributed by atoms with Gasteiger partial charge in [-0.05, 0) is 30.5 Å². The van der Waals surface area contributed by atoms with Gasteiger partial charge >= 0.3 is 0 Å². The maximum Gasteiger partial charge on any atom is 0.243 e. The molecule has 0 unspecified atom stereocenters. The van der Waals surface area contributed by atoms with Crippen molar-refractivity contribution in [2.45, 2.75) is 32.2 Å². The number of carbonyl (C=O) groups is 1. The number of nitriles is 2. The van der Waals surface area contributed by atoms with Crippen LogP contribution in [-0.4, -0.2) is 41.9 Å². The maximum atomic E-state index is 12.7. The van der Waals surface area contributed by atoms with E-state index in [1.807, 2.05) is 29.2 Å². The summed E-state index contributed by atoms with van der Waals surface area (Å²) in [5, 5.41) is 18.3. The Morgan fingerprint density at radius 3 is 2.21 bits per heavy atom. The molecule has 1 aromatic carbocycles. The highest BCUT2D eigenvalue weighted by Gasteiger charge is 2.44. The van der Waals surface area contributed by atoms with Crippen LogP contribution < -0.4 is 0 Å². The highest BCUT2D eigenvalue weighted by molar-refractivity contribution is 5.86. The minimum absolute atomic E-state index is 0.0422. The molecule has 1 aromatic rings. The van der Waals surface area contributed by atoms with Gasteiger partial charge in [-0.25, -0.2) is 0 Å². The summed E-state index contributed by atoms with van der Waals surface area (Å²) in [5.74, 6) is 0.0422. The van der Waals surface area contributed by atoms with Crippen LogP contribution in [0, 0.1) is 28.1 Å². The van der Waals surface area contributed by atoms with Gasteiger partial charge in [0.15, 0.2) is 0 Å². The molecule has 0 spiro atoms. The quantitative estimate of drug-likeness (QED) is 0.856. The van der Waals surface area contributed by atoms with Crippen LogP contribution >= 0.6 is 0 Å². The number of hydrogen-bond donors (Lipinski definition) is 0. The minimum Gasteiger partial charge on any atom is -0.339 e. The Balaban J connectivity index is 1.55. The summed E-state index contributed by atoms with van der Waals surface area (Å²) in [6.07, 6.45) is 3.40. The molecule has 2 fully saturated rings. The van der Waals surface area contributed by atoms with Crippen molar-refractivity contribution in [2.75, 3.05) is 26.2 Å². The maximum absolute atomic E-state index is 12.7. The molecule has 1 aliphatic carbocycles. The molecule has 0 atom stereocenters. The van der Waals surface area contributed by atoms with Crippen molar-refractivity contribution in [3.8, 4) is 12.1 Å². The smallest absolute Gasteiger partial charge is 0.243 e. The van der Waals surface area contributed by atoms with Gasteiger partial charge in [0.05, 0.1) is 17.7 Å². The van der Waals surface area contributed by atoms with E-state index in [1.165, 1.54) is 5.56 Å². The van der Waals surface area contributed by atoms with Gasteiger partial charge in [-0.15, -0.1) is 0 Å². The van der Waals surface area contributed by atoms with Gasteiger partial charge in [0.1, 0.15) is 5.41 Å². The van der Waals surface area contributed by atoms with E-state index in [1.54, 1.807) is 0 Å². The summed E-state index contributed by atoms with van der Waals surface area (Å²) in [4.78, 5) is 16.9. The molecule has 1 heterocycles. The summed E-state index contributed by atoms with van der Waals surface area (Å²) < 4.78 is 0. The zero-order valence-corrected chi connectivity index (χ0v) is 13.9. The van der Waals surface area contributed by atoms with Crippen molar-refractivity contribution in [3.05, 3.63) is 35.4 Å². The molecular formula is C19H22N4O. The first-order valence-corrected chi connectivity index (χ1v) is 8.59. The van der Waals surface area contributed by atoms with Crippen LogP contribution in [0.25, 0.3) is 0 Å². The molecule has 2 aliphatic rings. The van der Waals surface area contributed by atoms with Crippen molar-refractivity contribution in [2.24, 2.45) is 5.41 Å². The fourth-order valence-electron chi connectivity index (χ4n) is 3.71. The van der Waals surface area contributed by atoms with Crippen molar-refractivity contribution < 1.29 is 4.79 Å². The van der Waals surface area contributed by atoms with E-state index in [-0.39, 0.29) is 5.91 Å². The molecule has 0 N–H and O–H groups in total. The standard InChI is InChI=1S/C19H22N4O/c20-13-16-3-5-17(6-4-16)14-22-9-11-23(12-10-22)18(24)19(15-21)7-1-2-8-19/h3-6H,1-2,7-12,14H2. The summed E-state index contributed by atoms with van der Waals surface area (Å²) in [6, 6.07) is 12.1. The number of rotatable bonds is 3. The van der Waals surface area contributed by atoms with Crippen molar-refractivity contribution in [3.63, 3.8) is 0 Å². The fourth-order valence-corrected chi connectivity index (χ4v) is 3.71. The number of carbonyl (C=O) groups excluding carboxylic acids is 1. The SMILES string of the molecule is N#Cc1ccc(CN2CCN(C(=O)C3(C#N)CCCC3)CC2)cc1. The second-order valence-corrected chi connectivity index (χ2v) is 6.78. The van der Waals surface area contributed by atoms with Gasteiger partial charge < -0.3 is 4.90 Å². The fraction of sp³-hybridized carbons (Fsp3) is 0.526. The van der Waals surface area contributed by atoms with E-state index < -0.39 is 5.41 Å².